The fourth-order valence-electron chi connectivity index (χ4n) is 1.86. The van der Waals surface area contributed by atoms with Crippen LogP contribution in [0.4, 0.5) is 0 Å². The quantitative estimate of drug-likeness (QED) is 0.844. The topological polar surface area (TPSA) is 45.5 Å². The summed E-state index contributed by atoms with van der Waals surface area (Å²) in [5.74, 6) is 3.45. The molecule has 2 rings (SSSR count). The van der Waals surface area contributed by atoms with Crippen molar-refractivity contribution >= 4 is 5.91 Å². The molecule has 1 aliphatic carbocycles. The molecule has 0 aromatic carbocycles. The van der Waals surface area contributed by atoms with Gasteiger partial charge in [0.15, 0.2) is 0 Å². The van der Waals surface area contributed by atoms with Gasteiger partial charge in [-0.15, -0.1) is 0 Å². The van der Waals surface area contributed by atoms with Gasteiger partial charge in [0.2, 0.25) is 5.91 Å². The van der Waals surface area contributed by atoms with Gasteiger partial charge in [0.1, 0.15) is 11.5 Å². The van der Waals surface area contributed by atoms with E-state index in [0.717, 1.165) is 17.4 Å². The molecule has 0 spiro atoms. The van der Waals surface area contributed by atoms with Crippen molar-refractivity contribution in [3.05, 3.63) is 23.7 Å². The standard InChI is InChI=1S/C13H20N2O2/c1-9-6-11(9)12-5-4-10(17-12)7-14-8-13(16)15(2)3/h4-5,9,11,14H,6-8H2,1-3H3. The number of furan rings is 1. The van der Waals surface area contributed by atoms with Gasteiger partial charge in [-0.25, -0.2) is 0 Å². The summed E-state index contributed by atoms with van der Waals surface area (Å²) in [6.07, 6.45) is 1.24. The first-order chi connectivity index (χ1) is 8.08. The minimum atomic E-state index is 0.0765. The van der Waals surface area contributed by atoms with E-state index in [1.807, 2.05) is 6.07 Å². The Hall–Kier alpha value is -1.29. The van der Waals surface area contributed by atoms with Crippen molar-refractivity contribution in [2.24, 2.45) is 5.92 Å². The van der Waals surface area contributed by atoms with Crippen LogP contribution in [0, 0.1) is 5.92 Å². The fraction of sp³-hybridized carbons (Fsp3) is 0.615. The van der Waals surface area contributed by atoms with Crippen molar-refractivity contribution in [2.75, 3.05) is 20.6 Å². The maximum absolute atomic E-state index is 11.3. The van der Waals surface area contributed by atoms with Crippen LogP contribution < -0.4 is 5.32 Å². The molecule has 2 atom stereocenters. The number of likely N-dealkylation sites (N-methyl/N-ethyl adjacent to an activating group) is 1. The van der Waals surface area contributed by atoms with Crippen molar-refractivity contribution in [3.8, 4) is 0 Å². The van der Waals surface area contributed by atoms with Gasteiger partial charge in [0.05, 0.1) is 13.1 Å². The van der Waals surface area contributed by atoms with Crippen LogP contribution in [0.1, 0.15) is 30.8 Å². The van der Waals surface area contributed by atoms with Gasteiger partial charge >= 0.3 is 0 Å². The highest BCUT2D eigenvalue weighted by Gasteiger charge is 2.36. The molecule has 1 fully saturated rings. The molecule has 1 aromatic rings. The van der Waals surface area contributed by atoms with Gasteiger partial charge < -0.3 is 14.6 Å². The third-order valence-corrected chi connectivity index (χ3v) is 3.23. The summed E-state index contributed by atoms with van der Waals surface area (Å²) < 4.78 is 5.73. The number of nitrogens with one attached hydrogen (secondary N) is 1. The predicted molar refractivity (Wildman–Crippen MR) is 65.6 cm³/mol. The summed E-state index contributed by atoms with van der Waals surface area (Å²) in [6.45, 7) is 3.20. The van der Waals surface area contributed by atoms with E-state index in [1.54, 1.807) is 19.0 Å². The normalized spacial score (nSPS) is 22.5. The smallest absolute Gasteiger partial charge is 0.236 e. The minimum Gasteiger partial charge on any atom is -0.464 e. The van der Waals surface area contributed by atoms with Gasteiger partial charge in [-0.3, -0.25) is 4.79 Å². The number of nitrogens with zero attached hydrogens (tertiary/aromatic N) is 1. The van der Waals surface area contributed by atoms with Crippen molar-refractivity contribution in [1.82, 2.24) is 10.2 Å². The molecular weight excluding hydrogens is 216 g/mol. The Morgan fingerprint density at radius 2 is 2.24 bits per heavy atom. The zero-order chi connectivity index (χ0) is 12.4. The summed E-state index contributed by atoms with van der Waals surface area (Å²) in [6, 6.07) is 4.05. The van der Waals surface area contributed by atoms with Crippen LogP contribution in [-0.2, 0) is 11.3 Å². The molecule has 1 heterocycles. The molecule has 2 unspecified atom stereocenters. The average molecular weight is 236 g/mol. The van der Waals surface area contributed by atoms with Crippen LogP contribution in [-0.4, -0.2) is 31.4 Å². The Morgan fingerprint density at radius 1 is 1.53 bits per heavy atom. The summed E-state index contributed by atoms with van der Waals surface area (Å²) in [5.41, 5.74) is 0. The lowest BCUT2D eigenvalue weighted by Gasteiger charge is -2.09. The van der Waals surface area contributed by atoms with Crippen LogP contribution in [0.3, 0.4) is 0 Å². The zero-order valence-electron chi connectivity index (χ0n) is 10.7. The summed E-state index contributed by atoms with van der Waals surface area (Å²) in [5, 5.41) is 3.08. The molecule has 4 nitrogen and oxygen atoms in total. The third kappa shape index (κ3) is 3.09. The maximum atomic E-state index is 11.3. The van der Waals surface area contributed by atoms with Crippen LogP contribution >= 0.6 is 0 Å². The molecule has 1 N–H and O–H groups in total. The highest BCUT2D eigenvalue weighted by Crippen LogP contribution is 2.47. The van der Waals surface area contributed by atoms with E-state index < -0.39 is 0 Å². The second-order valence-electron chi connectivity index (χ2n) is 5.02. The lowest BCUT2D eigenvalue weighted by molar-refractivity contribution is -0.127. The van der Waals surface area contributed by atoms with Crippen molar-refractivity contribution in [1.29, 1.82) is 0 Å². The van der Waals surface area contributed by atoms with Crippen molar-refractivity contribution < 1.29 is 9.21 Å². The number of rotatable bonds is 5. The van der Waals surface area contributed by atoms with Gasteiger partial charge in [-0.1, -0.05) is 6.92 Å². The number of hydrogen-bond donors (Lipinski definition) is 1. The van der Waals surface area contributed by atoms with E-state index in [9.17, 15) is 4.79 Å². The first kappa shape index (κ1) is 12.2. The Balaban J connectivity index is 1.76. The highest BCUT2D eigenvalue weighted by molar-refractivity contribution is 5.77. The van der Waals surface area contributed by atoms with Crippen molar-refractivity contribution in [2.45, 2.75) is 25.8 Å². The van der Waals surface area contributed by atoms with Crippen LogP contribution in [0.25, 0.3) is 0 Å². The van der Waals surface area contributed by atoms with Crippen molar-refractivity contribution in [3.63, 3.8) is 0 Å². The molecule has 94 valence electrons. The van der Waals surface area contributed by atoms with E-state index in [4.69, 9.17) is 4.42 Å². The molecule has 0 aliphatic heterocycles. The van der Waals surface area contributed by atoms with Crippen LogP contribution in [0.5, 0.6) is 0 Å². The first-order valence-electron chi connectivity index (χ1n) is 6.07. The largest absolute Gasteiger partial charge is 0.464 e. The summed E-state index contributed by atoms with van der Waals surface area (Å²) in [7, 11) is 3.51. The second-order valence-corrected chi connectivity index (χ2v) is 5.02. The van der Waals surface area contributed by atoms with E-state index in [0.29, 0.717) is 19.0 Å². The van der Waals surface area contributed by atoms with Gasteiger partial charge in [0, 0.05) is 20.0 Å². The monoisotopic (exact) mass is 236 g/mol. The molecule has 0 radical (unpaired) electrons. The molecule has 0 saturated heterocycles. The Morgan fingerprint density at radius 3 is 2.82 bits per heavy atom. The molecule has 1 amide bonds. The van der Waals surface area contributed by atoms with E-state index in [-0.39, 0.29) is 5.91 Å². The number of carbonyl (C=O) groups is 1. The molecule has 17 heavy (non-hydrogen) atoms. The summed E-state index contributed by atoms with van der Waals surface area (Å²) in [4.78, 5) is 12.9. The Bertz CT molecular complexity index is 398. The van der Waals surface area contributed by atoms with E-state index in [1.165, 1.54) is 6.42 Å². The maximum Gasteiger partial charge on any atom is 0.236 e. The SMILES string of the molecule is CC1CC1c1ccc(CNCC(=O)N(C)C)o1. The number of hydrogen-bond acceptors (Lipinski definition) is 3. The molecule has 1 aliphatic rings. The average Bonchev–Trinajstić information content (AvgIpc) is 2.83. The van der Waals surface area contributed by atoms with Crippen LogP contribution in [0.15, 0.2) is 16.5 Å². The predicted octanol–water partition coefficient (Wildman–Crippen LogP) is 1.58. The lowest BCUT2D eigenvalue weighted by Crippen LogP contribution is -2.32. The third-order valence-electron chi connectivity index (χ3n) is 3.23. The first-order valence-corrected chi connectivity index (χ1v) is 6.07. The minimum absolute atomic E-state index is 0.0765. The number of carbonyl (C=O) groups excluding carboxylic acids is 1. The zero-order valence-corrected chi connectivity index (χ0v) is 10.7. The van der Waals surface area contributed by atoms with Gasteiger partial charge in [0.25, 0.3) is 0 Å². The molecule has 1 saturated carbocycles. The Labute approximate surface area is 102 Å². The molecule has 4 heteroatoms. The molecule has 0 bridgehead atoms. The van der Waals surface area contributed by atoms with Crippen LogP contribution in [0.2, 0.25) is 0 Å². The molecule has 1 aromatic heterocycles. The highest BCUT2D eigenvalue weighted by atomic mass is 16.3. The van der Waals surface area contributed by atoms with Gasteiger partial charge in [-0.2, -0.15) is 0 Å². The van der Waals surface area contributed by atoms with Gasteiger partial charge in [-0.05, 0) is 24.5 Å². The fourth-order valence-corrected chi connectivity index (χ4v) is 1.86. The molecular formula is C13H20N2O2. The van der Waals surface area contributed by atoms with E-state index in [2.05, 4.69) is 18.3 Å². The second kappa shape index (κ2) is 4.92. The van der Waals surface area contributed by atoms with E-state index >= 15 is 0 Å². The Kier molecular flexibility index (Phi) is 3.52. The number of amides is 1. The lowest BCUT2D eigenvalue weighted by atomic mass is 10.3. The summed E-state index contributed by atoms with van der Waals surface area (Å²) >= 11 is 0.